The molecule has 0 aliphatic carbocycles. The number of amides is 1. The molecule has 19 heavy (non-hydrogen) atoms. The molecule has 0 heterocycles. The van der Waals surface area contributed by atoms with Crippen LogP contribution in [0.1, 0.15) is 26.3 Å². The highest BCUT2D eigenvalue weighted by molar-refractivity contribution is 5.98. The lowest BCUT2D eigenvalue weighted by atomic mass is 10.1. The predicted octanol–water partition coefficient (Wildman–Crippen LogP) is 2.44. The van der Waals surface area contributed by atoms with Gasteiger partial charge in [-0.1, -0.05) is 6.07 Å². The van der Waals surface area contributed by atoms with Crippen molar-refractivity contribution < 1.29 is 14.5 Å². The maximum absolute atomic E-state index is 11.5. The number of carbonyl (C=O) groups excluding carboxylic acids is 1. The Bertz CT molecular complexity index is 520. The van der Waals surface area contributed by atoms with Gasteiger partial charge in [-0.05, 0) is 26.8 Å². The lowest BCUT2D eigenvalue weighted by Gasteiger charge is -2.19. The molecule has 0 saturated carbocycles. The van der Waals surface area contributed by atoms with E-state index in [-0.39, 0.29) is 11.3 Å². The van der Waals surface area contributed by atoms with E-state index in [1.54, 1.807) is 20.8 Å². The molecule has 7 heteroatoms. The molecular formula is C12H15N3O4. The first-order valence-electron chi connectivity index (χ1n) is 5.52. The summed E-state index contributed by atoms with van der Waals surface area (Å²) >= 11 is 0. The van der Waals surface area contributed by atoms with Crippen molar-refractivity contribution in [3.05, 3.63) is 39.9 Å². The number of carbonyl (C=O) groups is 1. The van der Waals surface area contributed by atoms with Crippen LogP contribution >= 0.6 is 0 Å². The number of benzene rings is 1. The van der Waals surface area contributed by atoms with Crippen molar-refractivity contribution in [3.8, 4) is 0 Å². The number of non-ortho nitro benzene ring substituents is 1. The molecule has 0 atom stereocenters. The molecule has 0 bridgehead atoms. The van der Waals surface area contributed by atoms with E-state index < -0.39 is 22.5 Å². The van der Waals surface area contributed by atoms with Crippen LogP contribution in [0.3, 0.4) is 0 Å². The maximum atomic E-state index is 11.5. The van der Waals surface area contributed by atoms with Gasteiger partial charge < -0.3 is 10.1 Å². The topological polar surface area (TPSA) is 105 Å². The quantitative estimate of drug-likeness (QED) is 0.370. The minimum absolute atomic E-state index is 0.165. The molecule has 1 rings (SSSR count). The van der Waals surface area contributed by atoms with Gasteiger partial charge in [-0.3, -0.25) is 15.5 Å². The SMILES string of the molecule is CC(C)(C)NC(=O)OC(=N)c1cccc([N+](=O)[O-])c1. The number of ether oxygens (including phenoxy) is 1. The Kier molecular flexibility index (Phi) is 4.21. The van der Waals surface area contributed by atoms with Gasteiger partial charge in [0, 0.05) is 23.2 Å². The zero-order valence-corrected chi connectivity index (χ0v) is 10.9. The van der Waals surface area contributed by atoms with Crippen molar-refractivity contribution in [1.29, 1.82) is 5.41 Å². The van der Waals surface area contributed by atoms with Crippen molar-refractivity contribution >= 4 is 17.7 Å². The highest BCUT2D eigenvalue weighted by atomic mass is 16.6. The van der Waals surface area contributed by atoms with Gasteiger partial charge in [0.25, 0.3) is 5.69 Å². The van der Waals surface area contributed by atoms with Crippen LogP contribution in [0, 0.1) is 15.5 Å². The summed E-state index contributed by atoms with van der Waals surface area (Å²) in [7, 11) is 0. The first-order valence-corrected chi connectivity index (χ1v) is 5.52. The number of nitro benzene ring substituents is 1. The molecule has 0 saturated heterocycles. The van der Waals surface area contributed by atoms with E-state index in [1.807, 2.05) is 0 Å². The molecule has 0 aliphatic heterocycles. The molecule has 0 radical (unpaired) electrons. The highest BCUT2D eigenvalue weighted by Gasteiger charge is 2.18. The third kappa shape index (κ3) is 4.74. The smallest absolute Gasteiger partial charge is 0.391 e. The Morgan fingerprint density at radius 3 is 2.58 bits per heavy atom. The van der Waals surface area contributed by atoms with E-state index in [4.69, 9.17) is 10.1 Å². The van der Waals surface area contributed by atoms with Crippen LogP contribution in [0.5, 0.6) is 0 Å². The molecule has 7 nitrogen and oxygen atoms in total. The third-order valence-electron chi connectivity index (χ3n) is 1.99. The molecule has 0 spiro atoms. The van der Waals surface area contributed by atoms with E-state index in [1.165, 1.54) is 24.3 Å². The van der Waals surface area contributed by atoms with Crippen molar-refractivity contribution in [3.63, 3.8) is 0 Å². The Labute approximate surface area is 110 Å². The Morgan fingerprint density at radius 2 is 2.05 bits per heavy atom. The fourth-order valence-electron chi connectivity index (χ4n) is 1.24. The largest absolute Gasteiger partial charge is 0.414 e. The fourth-order valence-corrected chi connectivity index (χ4v) is 1.24. The van der Waals surface area contributed by atoms with Crippen LogP contribution in [-0.4, -0.2) is 22.5 Å². The number of rotatable bonds is 2. The van der Waals surface area contributed by atoms with Gasteiger partial charge in [-0.25, -0.2) is 4.79 Å². The number of hydrogen-bond acceptors (Lipinski definition) is 5. The number of alkyl carbamates (subject to hydrolysis) is 1. The lowest BCUT2D eigenvalue weighted by Crippen LogP contribution is -2.41. The Morgan fingerprint density at radius 1 is 1.42 bits per heavy atom. The van der Waals surface area contributed by atoms with E-state index in [2.05, 4.69) is 5.32 Å². The van der Waals surface area contributed by atoms with Crippen molar-refractivity contribution in [1.82, 2.24) is 5.32 Å². The zero-order valence-electron chi connectivity index (χ0n) is 10.9. The van der Waals surface area contributed by atoms with E-state index >= 15 is 0 Å². The normalized spacial score (nSPS) is 10.7. The van der Waals surface area contributed by atoms with Crippen LogP contribution in [0.2, 0.25) is 0 Å². The summed E-state index contributed by atoms with van der Waals surface area (Å²) in [6.45, 7) is 5.31. The summed E-state index contributed by atoms with van der Waals surface area (Å²) in [5.74, 6) is -0.439. The van der Waals surface area contributed by atoms with Gasteiger partial charge in [0.15, 0.2) is 0 Å². The van der Waals surface area contributed by atoms with E-state index in [0.717, 1.165) is 0 Å². The second-order valence-corrected chi connectivity index (χ2v) is 4.90. The van der Waals surface area contributed by atoms with Crippen LogP contribution in [0.4, 0.5) is 10.5 Å². The average Bonchev–Trinajstić information content (AvgIpc) is 2.26. The van der Waals surface area contributed by atoms with Crippen molar-refractivity contribution in [2.24, 2.45) is 0 Å². The summed E-state index contributed by atoms with van der Waals surface area (Å²) in [6.07, 6.45) is -0.774. The molecule has 1 aromatic carbocycles. The number of nitro groups is 1. The van der Waals surface area contributed by atoms with Crippen LogP contribution in [0.25, 0.3) is 0 Å². The molecule has 0 unspecified atom stereocenters. The third-order valence-corrected chi connectivity index (χ3v) is 1.99. The average molecular weight is 265 g/mol. The summed E-state index contributed by atoms with van der Waals surface area (Å²) < 4.78 is 4.76. The van der Waals surface area contributed by atoms with Gasteiger partial charge in [-0.2, -0.15) is 0 Å². The van der Waals surface area contributed by atoms with Crippen LogP contribution < -0.4 is 5.32 Å². The second-order valence-electron chi connectivity index (χ2n) is 4.90. The molecule has 1 aromatic rings. The summed E-state index contributed by atoms with van der Waals surface area (Å²) in [4.78, 5) is 21.5. The van der Waals surface area contributed by atoms with Gasteiger partial charge in [0.2, 0.25) is 5.90 Å². The highest BCUT2D eigenvalue weighted by Crippen LogP contribution is 2.14. The lowest BCUT2D eigenvalue weighted by molar-refractivity contribution is -0.384. The Hall–Kier alpha value is -2.44. The summed E-state index contributed by atoms with van der Waals surface area (Å²) in [6, 6.07) is 5.35. The molecule has 2 N–H and O–H groups in total. The predicted molar refractivity (Wildman–Crippen MR) is 69.3 cm³/mol. The van der Waals surface area contributed by atoms with Gasteiger partial charge in [0.05, 0.1) is 4.92 Å². The molecular weight excluding hydrogens is 250 g/mol. The van der Waals surface area contributed by atoms with Crippen molar-refractivity contribution in [2.75, 3.05) is 0 Å². The molecule has 0 aromatic heterocycles. The minimum Gasteiger partial charge on any atom is -0.391 e. The van der Waals surface area contributed by atoms with Crippen LogP contribution in [-0.2, 0) is 4.74 Å². The summed E-state index contributed by atoms with van der Waals surface area (Å²) in [5, 5.41) is 20.7. The molecule has 1 amide bonds. The van der Waals surface area contributed by atoms with Crippen molar-refractivity contribution in [2.45, 2.75) is 26.3 Å². The monoisotopic (exact) mass is 265 g/mol. The van der Waals surface area contributed by atoms with Gasteiger partial charge >= 0.3 is 6.09 Å². The first-order chi connectivity index (χ1) is 8.69. The van der Waals surface area contributed by atoms with E-state index in [0.29, 0.717) is 0 Å². The second kappa shape index (κ2) is 5.47. The number of nitrogens with one attached hydrogen (secondary N) is 2. The fraction of sp³-hybridized carbons (Fsp3) is 0.333. The molecule has 0 fully saturated rings. The molecule has 102 valence electrons. The maximum Gasteiger partial charge on any atom is 0.414 e. The minimum atomic E-state index is -0.774. The Balaban J connectivity index is 2.76. The molecule has 0 aliphatic rings. The summed E-state index contributed by atoms with van der Waals surface area (Å²) in [5.41, 5.74) is -0.486. The van der Waals surface area contributed by atoms with E-state index in [9.17, 15) is 14.9 Å². The standard InChI is InChI=1S/C12H15N3O4/c1-12(2,3)14-11(16)19-10(13)8-5-4-6-9(7-8)15(17)18/h4-7,13H,1-3H3,(H,14,16). The first kappa shape index (κ1) is 14.6. The number of nitrogens with zero attached hydrogens (tertiary/aromatic N) is 1. The number of hydrogen-bond donors (Lipinski definition) is 2. The van der Waals surface area contributed by atoms with Gasteiger partial charge in [0.1, 0.15) is 0 Å². The zero-order chi connectivity index (χ0) is 14.6. The van der Waals surface area contributed by atoms with Crippen LogP contribution in [0.15, 0.2) is 24.3 Å². The van der Waals surface area contributed by atoms with Gasteiger partial charge in [-0.15, -0.1) is 0 Å².